The number of hydrogen-bond acceptors (Lipinski definition) is 2. The third kappa shape index (κ3) is 3.99. The number of nitrogens with one attached hydrogen (secondary N) is 1. The fourth-order valence-corrected chi connectivity index (χ4v) is 1.90. The number of amides is 1. The van der Waals surface area contributed by atoms with E-state index in [1.54, 1.807) is 0 Å². The van der Waals surface area contributed by atoms with Crippen LogP contribution in [0.5, 0.6) is 0 Å². The number of hydrogen-bond donors (Lipinski definition) is 1. The Morgan fingerprint density at radius 3 is 2.55 bits per heavy atom. The molecule has 0 aliphatic rings. The molecule has 104 valence electrons. The maximum absolute atomic E-state index is 13.0. The highest BCUT2D eigenvalue weighted by molar-refractivity contribution is 6.29. The molecule has 0 saturated heterocycles. The van der Waals surface area contributed by atoms with Gasteiger partial charge in [0.25, 0.3) is 5.91 Å². The zero-order valence-corrected chi connectivity index (χ0v) is 11.1. The molecule has 1 aromatic carbocycles. The van der Waals surface area contributed by atoms with Gasteiger partial charge in [-0.15, -0.1) is 0 Å². The van der Waals surface area contributed by atoms with Crippen molar-refractivity contribution in [2.45, 2.75) is 6.42 Å². The lowest BCUT2D eigenvalue weighted by atomic mass is 10.1. The Hall–Kier alpha value is -2.01. The van der Waals surface area contributed by atoms with Gasteiger partial charge in [0.05, 0.1) is 0 Å². The van der Waals surface area contributed by atoms with Crippen molar-refractivity contribution in [1.29, 1.82) is 0 Å². The highest BCUT2D eigenvalue weighted by atomic mass is 35.5. The number of aromatic nitrogens is 1. The van der Waals surface area contributed by atoms with Gasteiger partial charge in [-0.1, -0.05) is 11.6 Å². The number of carbonyl (C=O) groups is 1. The molecule has 1 heterocycles. The zero-order valence-electron chi connectivity index (χ0n) is 10.4. The largest absolute Gasteiger partial charge is 0.352 e. The molecule has 20 heavy (non-hydrogen) atoms. The summed E-state index contributed by atoms with van der Waals surface area (Å²) in [5.41, 5.74) is 0.867. The summed E-state index contributed by atoms with van der Waals surface area (Å²) in [4.78, 5) is 15.5. The fourth-order valence-electron chi connectivity index (χ4n) is 1.72. The van der Waals surface area contributed by atoms with E-state index in [1.807, 2.05) is 0 Å². The van der Waals surface area contributed by atoms with E-state index in [4.69, 9.17) is 11.6 Å². The second-order valence-corrected chi connectivity index (χ2v) is 4.54. The molecule has 0 radical (unpaired) electrons. The molecule has 0 fully saturated rings. The van der Waals surface area contributed by atoms with Crippen molar-refractivity contribution < 1.29 is 13.6 Å². The topological polar surface area (TPSA) is 42.0 Å². The number of halogens is 3. The zero-order chi connectivity index (χ0) is 14.5. The first-order valence-corrected chi connectivity index (χ1v) is 6.27. The smallest absolute Gasteiger partial charge is 0.251 e. The molecule has 0 unspecified atom stereocenters. The van der Waals surface area contributed by atoms with E-state index in [0.29, 0.717) is 17.5 Å². The van der Waals surface area contributed by atoms with Gasteiger partial charge >= 0.3 is 0 Å². The van der Waals surface area contributed by atoms with Gasteiger partial charge in [0.1, 0.15) is 16.8 Å². The van der Waals surface area contributed by atoms with Crippen LogP contribution in [0.3, 0.4) is 0 Å². The summed E-state index contributed by atoms with van der Waals surface area (Å²) >= 11 is 5.68. The molecule has 6 heteroatoms. The van der Waals surface area contributed by atoms with Crippen molar-refractivity contribution in [2.75, 3.05) is 6.54 Å². The summed E-state index contributed by atoms with van der Waals surface area (Å²) in [5.74, 6) is -1.58. The van der Waals surface area contributed by atoms with E-state index in [2.05, 4.69) is 10.3 Å². The Kier molecular flexibility index (Phi) is 4.63. The van der Waals surface area contributed by atoms with Gasteiger partial charge < -0.3 is 5.32 Å². The summed E-state index contributed by atoms with van der Waals surface area (Å²) in [6, 6.07) is 6.25. The molecular formula is C14H11ClF2N2O. The van der Waals surface area contributed by atoms with Crippen LogP contribution in [0.15, 0.2) is 36.5 Å². The number of carbonyl (C=O) groups excluding carboxylic acids is 1. The van der Waals surface area contributed by atoms with Gasteiger partial charge in [-0.25, -0.2) is 13.8 Å². The molecule has 2 aromatic rings. The van der Waals surface area contributed by atoms with Crippen molar-refractivity contribution in [3.05, 3.63) is 64.4 Å². The normalized spacial score (nSPS) is 10.3. The third-order valence-electron chi connectivity index (χ3n) is 2.61. The van der Waals surface area contributed by atoms with Gasteiger partial charge in [-0.05, 0) is 36.2 Å². The summed E-state index contributed by atoms with van der Waals surface area (Å²) in [5, 5.41) is 2.87. The van der Waals surface area contributed by atoms with Crippen LogP contribution in [-0.4, -0.2) is 17.4 Å². The summed E-state index contributed by atoms with van der Waals surface area (Å²) in [6.45, 7) is 0.266. The third-order valence-corrected chi connectivity index (χ3v) is 2.82. The molecule has 2 rings (SSSR count). The Bertz CT molecular complexity index is 614. The van der Waals surface area contributed by atoms with Crippen LogP contribution in [0.1, 0.15) is 15.9 Å². The number of benzene rings is 1. The molecule has 1 amide bonds. The maximum atomic E-state index is 13.0. The first-order chi connectivity index (χ1) is 9.54. The van der Waals surface area contributed by atoms with Crippen LogP contribution in [0.2, 0.25) is 5.15 Å². The molecular weight excluding hydrogens is 286 g/mol. The second-order valence-electron chi connectivity index (χ2n) is 4.15. The van der Waals surface area contributed by atoms with Crippen LogP contribution in [0, 0.1) is 11.6 Å². The Balaban J connectivity index is 1.91. The average Bonchev–Trinajstić information content (AvgIpc) is 2.37. The van der Waals surface area contributed by atoms with Crippen molar-refractivity contribution in [3.63, 3.8) is 0 Å². The standard InChI is InChI=1S/C14H11ClF2N2O/c15-13-7-10(2-4-18-13)14(20)19-3-1-9-5-11(16)8-12(17)6-9/h2,4-8H,1,3H2,(H,19,20). The van der Waals surface area contributed by atoms with Crippen LogP contribution >= 0.6 is 11.6 Å². The lowest BCUT2D eigenvalue weighted by Gasteiger charge is -2.06. The summed E-state index contributed by atoms with van der Waals surface area (Å²) in [7, 11) is 0. The van der Waals surface area contributed by atoms with Gasteiger partial charge in [-0.2, -0.15) is 0 Å². The number of rotatable bonds is 4. The van der Waals surface area contributed by atoms with Crippen LogP contribution < -0.4 is 5.32 Å². The predicted molar refractivity (Wildman–Crippen MR) is 71.6 cm³/mol. The first-order valence-electron chi connectivity index (χ1n) is 5.89. The fraction of sp³-hybridized carbons (Fsp3) is 0.143. The Labute approximate surface area is 119 Å². The van der Waals surface area contributed by atoms with E-state index >= 15 is 0 Å². The molecule has 0 aliphatic carbocycles. The van der Waals surface area contributed by atoms with Gasteiger partial charge in [0.15, 0.2) is 0 Å². The monoisotopic (exact) mass is 296 g/mol. The minimum atomic E-state index is -0.632. The summed E-state index contributed by atoms with van der Waals surface area (Å²) in [6.07, 6.45) is 1.76. The Morgan fingerprint density at radius 1 is 1.20 bits per heavy atom. The number of pyridine rings is 1. The molecule has 0 saturated carbocycles. The SMILES string of the molecule is O=C(NCCc1cc(F)cc(F)c1)c1ccnc(Cl)c1. The number of nitrogens with zero attached hydrogens (tertiary/aromatic N) is 1. The highest BCUT2D eigenvalue weighted by Crippen LogP contribution is 2.09. The minimum absolute atomic E-state index is 0.227. The van der Waals surface area contributed by atoms with E-state index in [1.165, 1.54) is 30.5 Å². The molecule has 0 aliphatic heterocycles. The molecule has 0 bridgehead atoms. The first kappa shape index (κ1) is 14.4. The minimum Gasteiger partial charge on any atom is -0.352 e. The van der Waals surface area contributed by atoms with Crippen molar-refractivity contribution in [1.82, 2.24) is 10.3 Å². The molecule has 0 spiro atoms. The second kappa shape index (κ2) is 6.43. The van der Waals surface area contributed by atoms with Gasteiger partial charge in [0, 0.05) is 24.4 Å². The van der Waals surface area contributed by atoms with E-state index in [0.717, 1.165) is 6.07 Å². The molecule has 1 aromatic heterocycles. The quantitative estimate of drug-likeness (QED) is 0.881. The predicted octanol–water partition coefficient (Wildman–Crippen LogP) is 2.99. The molecule has 3 nitrogen and oxygen atoms in total. The van der Waals surface area contributed by atoms with Crippen LogP contribution in [0.25, 0.3) is 0 Å². The lowest BCUT2D eigenvalue weighted by Crippen LogP contribution is -2.25. The van der Waals surface area contributed by atoms with E-state index in [-0.39, 0.29) is 17.6 Å². The van der Waals surface area contributed by atoms with Gasteiger partial charge in [-0.3, -0.25) is 4.79 Å². The van der Waals surface area contributed by atoms with Crippen molar-refractivity contribution in [2.24, 2.45) is 0 Å². The molecule has 1 N–H and O–H groups in total. The van der Waals surface area contributed by atoms with Gasteiger partial charge in [0.2, 0.25) is 0 Å². The Morgan fingerprint density at radius 2 is 1.90 bits per heavy atom. The highest BCUT2D eigenvalue weighted by Gasteiger charge is 2.06. The van der Waals surface area contributed by atoms with E-state index < -0.39 is 11.6 Å². The van der Waals surface area contributed by atoms with Crippen molar-refractivity contribution in [3.8, 4) is 0 Å². The summed E-state index contributed by atoms with van der Waals surface area (Å²) < 4.78 is 25.9. The van der Waals surface area contributed by atoms with Crippen LogP contribution in [-0.2, 0) is 6.42 Å². The van der Waals surface area contributed by atoms with Crippen LogP contribution in [0.4, 0.5) is 8.78 Å². The average molecular weight is 297 g/mol. The van der Waals surface area contributed by atoms with Crippen molar-refractivity contribution >= 4 is 17.5 Å². The van der Waals surface area contributed by atoms with E-state index in [9.17, 15) is 13.6 Å². The molecule has 0 atom stereocenters. The maximum Gasteiger partial charge on any atom is 0.251 e. The lowest BCUT2D eigenvalue weighted by molar-refractivity contribution is 0.0954.